The Morgan fingerprint density at radius 3 is 2.46 bits per heavy atom. The van der Waals surface area contributed by atoms with E-state index < -0.39 is 17.1 Å². The average Bonchev–Trinajstić information content (AvgIpc) is 1.92. The van der Waals surface area contributed by atoms with Crippen LogP contribution in [0.1, 0.15) is 40.0 Å². The zero-order valence-electron chi connectivity index (χ0n) is 8.36. The molecule has 1 saturated carbocycles. The van der Waals surface area contributed by atoms with Gasteiger partial charge in [-0.3, -0.25) is 4.79 Å². The van der Waals surface area contributed by atoms with Gasteiger partial charge in [0.15, 0.2) is 11.5 Å². The maximum Gasteiger partial charge on any atom is 0.170 e. The summed E-state index contributed by atoms with van der Waals surface area (Å²) in [4.78, 5) is 11.2. The number of hydrogen-bond acceptors (Lipinski definition) is 1. The minimum atomic E-state index is -1.72. The summed E-state index contributed by atoms with van der Waals surface area (Å²) in [7, 11) is 0. The van der Waals surface area contributed by atoms with Crippen molar-refractivity contribution in [1.82, 2.24) is 0 Å². The second kappa shape index (κ2) is 3.03. The van der Waals surface area contributed by atoms with Gasteiger partial charge in [-0.2, -0.15) is 0 Å². The zero-order valence-corrected chi connectivity index (χ0v) is 8.36. The third-order valence-electron chi connectivity index (χ3n) is 2.95. The van der Waals surface area contributed by atoms with E-state index in [0.29, 0.717) is 6.42 Å². The highest BCUT2D eigenvalue weighted by Crippen LogP contribution is 2.38. The van der Waals surface area contributed by atoms with Crippen LogP contribution in [0.2, 0.25) is 0 Å². The first kappa shape index (κ1) is 10.6. The lowest BCUT2D eigenvalue weighted by molar-refractivity contribution is -0.136. The molecular weight excluding hydrogens is 174 g/mol. The van der Waals surface area contributed by atoms with Gasteiger partial charge >= 0.3 is 0 Å². The molecule has 0 aromatic heterocycles. The number of Topliss-reactive ketones (excluding diaryl/α,β-unsaturated/α-hetero) is 1. The first-order valence-electron chi connectivity index (χ1n) is 4.64. The summed E-state index contributed by atoms with van der Waals surface area (Å²) in [6.45, 7) is 4.19. The molecule has 0 aliphatic heterocycles. The number of ketones is 1. The molecule has 1 fully saturated rings. The molecule has 0 aromatic rings. The van der Waals surface area contributed by atoms with Gasteiger partial charge < -0.3 is 0 Å². The van der Waals surface area contributed by atoms with Gasteiger partial charge in [-0.25, -0.2) is 8.78 Å². The van der Waals surface area contributed by atoms with Crippen LogP contribution < -0.4 is 0 Å². The fourth-order valence-corrected chi connectivity index (χ4v) is 1.71. The smallest absolute Gasteiger partial charge is 0.170 e. The van der Waals surface area contributed by atoms with E-state index in [4.69, 9.17) is 0 Å². The van der Waals surface area contributed by atoms with Crippen molar-refractivity contribution in [2.24, 2.45) is 5.92 Å². The summed E-state index contributed by atoms with van der Waals surface area (Å²) in [6, 6.07) is 0. The van der Waals surface area contributed by atoms with Crippen molar-refractivity contribution < 1.29 is 13.6 Å². The fraction of sp³-hybridized carbons (Fsp3) is 0.900. The van der Waals surface area contributed by atoms with Crippen LogP contribution in [-0.2, 0) is 4.79 Å². The molecule has 0 radical (unpaired) electrons. The molecule has 0 bridgehead atoms. The largest absolute Gasteiger partial charge is 0.296 e. The predicted octanol–water partition coefficient (Wildman–Crippen LogP) is 2.83. The minimum Gasteiger partial charge on any atom is -0.296 e. The number of rotatable bonds is 1. The first-order valence-corrected chi connectivity index (χ1v) is 4.64. The van der Waals surface area contributed by atoms with E-state index in [1.54, 1.807) is 0 Å². The molecule has 0 heterocycles. The highest BCUT2D eigenvalue weighted by atomic mass is 19.1. The molecule has 0 amide bonds. The molecular formula is C10H16F2O. The lowest BCUT2D eigenvalue weighted by atomic mass is 9.74. The van der Waals surface area contributed by atoms with Crippen LogP contribution in [0.15, 0.2) is 0 Å². The average molecular weight is 190 g/mol. The Labute approximate surface area is 77.5 Å². The summed E-state index contributed by atoms with van der Waals surface area (Å²) in [5, 5.41) is 0. The molecule has 2 atom stereocenters. The van der Waals surface area contributed by atoms with Gasteiger partial charge in [0, 0.05) is 6.42 Å². The topological polar surface area (TPSA) is 17.1 Å². The van der Waals surface area contributed by atoms with Crippen LogP contribution in [0.4, 0.5) is 8.78 Å². The Hall–Kier alpha value is -0.470. The quantitative estimate of drug-likeness (QED) is 0.621. The maximum atomic E-state index is 13.4. The molecule has 0 unspecified atom stereocenters. The highest BCUT2D eigenvalue weighted by molar-refractivity contribution is 5.87. The minimum absolute atomic E-state index is 0.0382. The molecule has 1 aliphatic carbocycles. The lowest BCUT2D eigenvalue weighted by Crippen LogP contribution is -2.42. The van der Waals surface area contributed by atoms with Crippen molar-refractivity contribution in [3.63, 3.8) is 0 Å². The number of carbonyl (C=O) groups is 1. The summed E-state index contributed by atoms with van der Waals surface area (Å²) in [6.07, 6.45) is 0.655. The number of hydrogen-bond donors (Lipinski definition) is 0. The molecule has 0 saturated heterocycles. The van der Waals surface area contributed by atoms with E-state index in [9.17, 15) is 13.6 Å². The molecule has 1 rings (SSSR count). The van der Waals surface area contributed by atoms with E-state index >= 15 is 0 Å². The van der Waals surface area contributed by atoms with Gasteiger partial charge in [0.25, 0.3) is 0 Å². The molecule has 3 heteroatoms. The van der Waals surface area contributed by atoms with Crippen molar-refractivity contribution in [2.45, 2.75) is 51.4 Å². The van der Waals surface area contributed by atoms with Crippen molar-refractivity contribution in [3.8, 4) is 0 Å². The van der Waals surface area contributed by atoms with Crippen molar-refractivity contribution >= 4 is 5.78 Å². The van der Waals surface area contributed by atoms with Gasteiger partial charge in [-0.05, 0) is 39.5 Å². The summed E-state index contributed by atoms with van der Waals surface area (Å²) in [5.41, 5.74) is -3.09. The molecule has 76 valence electrons. The van der Waals surface area contributed by atoms with Crippen LogP contribution in [0, 0.1) is 5.92 Å². The number of alkyl halides is 2. The Morgan fingerprint density at radius 1 is 1.54 bits per heavy atom. The summed E-state index contributed by atoms with van der Waals surface area (Å²) in [5.74, 6) is -0.765. The van der Waals surface area contributed by atoms with Crippen LogP contribution in [-0.4, -0.2) is 17.1 Å². The van der Waals surface area contributed by atoms with Gasteiger partial charge in [-0.15, -0.1) is 0 Å². The van der Waals surface area contributed by atoms with Crippen molar-refractivity contribution in [1.29, 1.82) is 0 Å². The summed E-state index contributed by atoms with van der Waals surface area (Å²) < 4.78 is 26.8. The van der Waals surface area contributed by atoms with Crippen LogP contribution in [0.25, 0.3) is 0 Å². The molecule has 1 aliphatic rings. The lowest BCUT2D eigenvalue weighted by Gasteiger charge is -2.34. The highest BCUT2D eigenvalue weighted by Gasteiger charge is 2.43. The van der Waals surface area contributed by atoms with Crippen molar-refractivity contribution in [2.75, 3.05) is 0 Å². The Bertz CT molecular complexity index is 215. The number of carbonyl (C=O) groups excluding carboxylic acids is 1. The third-order valence-corrected chi connectivity index (χ3v) is 2.95. The molecule has 0 spiro atoms. The van der Waals surface area contributed by atoms with E-state index in [2.05, 4.69) is 0 Å². The standard InChI is InChI=1S/C10H16F2O/c1-9(2,11)7-4-5-10(3,12)8(13)6-7/h7H,4-6H2,1-3H3/t7-,10-/m1/s1. The van der Waals surface area contributed by atoms with Crippen LogP contribution >= 0.6 is 0 Å². The predicted molar refractivity (Wildman–Crippen MR) is 47.0 cm³/mol. The van der Waals surface area contributed by atoms with E-state index in [0.717, 1.165) is 0 Å². The maximum absolute atomic E-state index is 13.4. The van der Waals surface area contributed by atoms with Gasteiger partial charge in [0.1, 0.15) is 5.67 Å². The Morgan fingerprint density at radius 2 is 2.08 bits per heavy atom. The Kier molecular flexibility index (Phi) is 2.48. The first-order chi connectivity index (χ1) is 5.73. The van der Waals surface area contributed by atoms with Crippen molar-refractivity contribution in [3.05, 3.63) is 0 Å². The third kappa shape index (κ3) is 2.26. The second-order valence-electron chi connectivity index (χ2n) is 4.62. The van der Waals surface area contributed by atoms with Gasteiger partial charge in [0.05, 0.1) is 0 Å². The number of halogens is 2. The monoisotopic (exact) mass is 190 g/mol. The normalized spacial score (nSPS) is 36.4. The van der Waals surface area contributed by atoms with E-state index in [1.807, 2.05) is 0 Å². The SMILES string of the molecule is CC(C)(F)[C@@H]1CC[C@@](C)(F)C(=O)C1. The Balaban J connectivity index is 2.67. The summed E-state index contributed by atoms with van der Waals surface area (Å²) >= 11 is 0. The molecule has 0 N–H and O–H groups in total. The zero-order chi connectivity index (χ0) is 10.3. The van der Waals surface area contributed by atoms with Gasteiger partial charge in [0.2, 0.25) is 0 Å². The van der Waals surface area contributed by atoms with Crippen LogP contribution in [0.3, 0.4) is 0 Å². The van der Waals surface area contributed by atoms with Gasteiger partial charge in [-0.1, -0.05) is 0 Å². The van der Waals surface area contributed by atoms with E-state index in [-0.39, 0.29) is 18.8 Å². The second-order valence-corrected chi connectivity index (χ2v) is 4.62. The fourth-order valence-electron chi connectivity index (χ4n) is 1.71. The molecule has 13 heavy (non-hydrogen) atoms. The van der Waals surface area contributed by atoms with E-state index in [1.165, 1.54) is 20.8 Å². The molecule has 0 aromatic carbocycles. The van der Waals surface area contributed by atoms with Crippen LogP contribution in [0.5, 0.6) is 0 Å². The molecule has 1 nitrogen and oxygen atoms in total.